The molecular formula is C25H34N6O3. The lowest BCUT2D eigenvalue weighted by molar-refractivity contribution is -0.138. The average Bonchev–Trinajstić information content (AvgIpc) is 3.35. The van der Waals surface area contributed by atoms with Crippen LogP contribution < -0.4 is 5.32 Å². The fourth-order valence-electron chi connectivity index (χ4n) is 5.20. The number of hydrogen-bond donors (Lipinski definition) is 2. The predicted octanol–water partition coefficient (Wildman–Crippen LogP) is 4.24. The molecule has 3 aliphatic rings. The Morgan fingerprint density at radius 2 is 2.09 bits per heavy atom. The topological polar surface area (TPSA) is 120 Å². The molecule has 2 atom stereocenters. The van der Waals surface area contributed by atoms with E-state index in [0.717, 1.165) is 49.8 Å². The van der Waals surface area contributed by atoms with Crippen molar-refractivity contribution in [3.8, 4) is 0 Å². The van der Waals surface area contributed by atoms with E-state index >= 15 is 0 Å². The lowest BCUT2D eigenvalue weighted by Crippen LogP contribution is -2.42. The molecule has 182 valence electrons. The predicted molar refractivity (Wildman–Crippen MR) is 128 cm³/mol. The number of aliphatic imine (C=N–C) groups is 1. The minimum atomic E-state index is -0.312. The summed E-state index contributed by atoms with van der Waals surface area (Å²) in [6, 6.07) is 4.20. The van der Waals surface area contributed by atoms with E-state index in [4.69, 9.17) is 10.3 Å². The zero-order valence-electron chi connectivity index (χ0n) is 20.2. The van der Waals surface area contributed by atoms with Crippen molar-refractivity contribution in [3.63, 3.8) is 0 Å². The molecule has 1 amide bonds. The molecule has 1 aliphatic carbocycles. The maximum Gasteiger partial charge on any atom is 0.336 e. The van der Waals surface area contributed by atoms with Crippen LogP contribution in [0.25, 0.3) is 0 Å². The average molecular weight is 467 g/mol. The van der Waals surface area contributed by atoms with Gasteiger partial charge in [0.15, 0.2) is 5.82 Å². The summed E-state index contributed by atoms with van der Waals surface area (Å²) in [7, 11) is 0. The summed E-state index contributed by atoms with van der Waals surface area (Å²) >= 11 is 0. The molecule has 2 N–H and O–H groups in total. The second-order valence-electron chi connectivity index (χ2n) is 9.63. The number of aromatic nitrogens is 1. The molecule has 9 heteroatoms. The largest absolute Gasteiger partial charge is 0.456 e. The highest BCUT2D eigenvalue weighted by Gasteiger charge is 2.50. The second kappa shape index (κ2) is 10.1. The van der Waals surface area contributed by atoms with E-state index in [-0.39, 0.29) is 36.0 Å². The van der Waals surface area contributed by atoms with Crippen molar-refractivity contribution in [1.29, 1.82) is 5.53 Å². The normalized spacial score (nSPS) is 27.0. The van der Waals surface area contributed by atoms with Crippen LogP contribution in [0.5, 0.6) is 0 Å². The number of pyridine rings is 1. The number of carbonyl (C=O) groups excluding carboxylic acids is 2. The number of cyclic esters (lactones) is 1. The highest BCUT2D eigenvalue weighted by Crippen LogP contribution is 2.46. The first-order valence-corrected chi connectivity index (χ1v) is 12.2. The monoisotopic (exact) mass is 466 g/mol. The van der Waals surface area contributed by atoms with E-state index < -0.39 is 0 Å². The van der Waals surface area contributed by atoms with Gasteiger partial charge in [-0.15, -0.1) is 0 Å². The number of hydrogen-bond acceptors (Lipinski definition) is 8. The van der Waals surface area contributed by atoms with Gasteiger partial charge < -0.3 is 15.0 Å². The Morgan fingerprint density at radius 1 is 1.32 bits per heavy atom. The zero-order valence-corrected chi connectivity index (χ0v) is 20.2. The van der Waals surface area contributed by atoms with Crippen molar-refractivity contribution >= 4 is 23.9 Å². The molecule has 1 saturated heterocycles. The van der Waals surface area contributed by atoms with Gasteiger partial charge in [0.05, 0.1) is 16.7 Å². The third kappa shape index (κ3) is 4.80. The summed E-state index contributed by atoms with van der Waals surface area (Å²) < 4.78 is 5.12. The molecule has 1 saturated carbocycles. The molecule has 1 aromatic rings. The quantitative estimate of drug-likeness (QED) is 0.337. The zero-order chi connectivity index (χ0) is 24.3. The highest BCUT2D eigenvalue weighted by molar-refractivity contribution is 5.94. The van der Waals surface area contributed by atoms with Gasteiger partial charge in [0.25, 0.3) is 0 Å². The fourth-order valence-corrected chi connectivity index (χ4v) is 5.20. The first kappa shape index (κ1) is 24.2. The minimum absolute atomic E-state index is 0.140. The molecule has 0 bridgehead atoms. The first-order valence-electron chi connectivity index (χ1n) is 12.2. The number of nitrogens with zero attached hydrogens (tertiary/aromatic N) is 4. The summed E-state index contributed by atoms with van der Waals surface area (Å²) in [5.41, 5.74) is 9.24. The first-order chi connectivity index (χ1) is 16.4. The summed E-state index contributed by atoms with van der Waals surface area (Å²) in [4.78, 5) is 35.6. The van der Waals surface area contributed by atoms with Crippen LogP contribution in [0.2, 0.25) is 0 Å². The molecule has 0 aromatic carbocycles. The van der Waals surface area contributed by atoms with Crippen molar-refractivity contribution in [2.24, 2.45) is 15.5 Å². The molecule has 34 heavy (non-hydrogen) atoms. The van der Waals surface area contributed by atoms with Gasteiger partial charge in [-0.3, -0.25) is 4.79 Å². The van der Waals surface area contributed by atoms with Gasteiger partial charge in [-0.25, -0.2) is 20.3 Å². The number of nitrogens with one attached hydrogen (secondary N) is 2. The van der Waals surface area contributed by atoms with Crippen LogP contribution in [0.15, 0.2) is 39.7 Å². The van der Waals surface area contributed by atoms with Crippen molar-refractivity contribution < 1.29 is 14.3 Å². The lowest BCUT2D eigenvalue weighted by atomic mass is 9.71. The van der Waals surface area contributed by atoms with Gasteiger partial charge in [0.2, 0.25) is 5.91 Å². The van der Waals surface area contributed by atoms with Crippen LogP contribution in [0.1, 0.15) is 70.9 Å². The number of amides is 1. The Bertz CT molecular complexity index is 994. The fraction of sp³-hybridized carbons (Fsp3) is 0.600. The van der Waals surface area contributed by atoms with Crippen molar-refractivity contribution in [2.75, 3.05) is 13.2 Å². The van der Waals surface area contributed by atoms with E-state index in [1.54, 1.807) is 18.0 Å². The Hall–Kier alpha value is -2.94. The number of carbonyl (C=O) groups is 2. The number of ether oxygens (including phenoxy) is 1. The van der Waals surface area contributed by atoms with Gasteiger partial charge in [0.1, 0.15) is 12.6 Å². The van der Waals surface area contributed by atoms with Crippen LogP contribution in [0.3, 0.4) is 0 Å². The second-order valence-corrected chi connectivity index (χ2v) is 9.63. The smallest absolute Gasteiger partial charge is 0.336 e. The maximum absolute atomic E-state index is 13.3. The van der Waals surface area contributed by atoms with E-state index in [1.165, 1.54) is 0 Å². The van der Waals surface area contributed by atoms with Crippen molar-refractivity contribution in [1.82, 2.24) is 15.2 Å². The van der Waals surface area contributed by atoms with Crippen molar-refractivity contribution in [2.45, 2.75) is 77.4 Å². The molecule has 1 spiro atoms. The minimum Gasteiger partial charge on any atom is -0.456 e. The molecule has 2 aliphatic heterocycles. The molecule has 1 aromatic heterocycles. The van der Waals surface area contributed by atoms with E-state index in [1.807, 2.05) is 25.3 Å². The van der Waals surface area contributed by atoms with E-state index in [9.17, 15) is 9.59 Å². The Labute approximate surface area is 200 Å². The molecule has 4 rings (SSSR count). The van der Waals surface area contributed by atoms with Crippen LogP contribution in [0.4, 0.5) is 5.82 Å². The van der Waals surface area contributed by atoms with E-state index in [2.05, 4.69) is 27.3 Å². The van der Waals surface area contributed by atoms with Crippen LogP contribution in [-0.2, 0) is 14.3 Å². The van der Waals surface area contributed by atoms with Gasteiger partial charge >= 0.3 is 5.97 Å². The summed E-state index contributed by atoms with van der Waals surface area (Å²) in [5.74, 6) is 0.464. The number of rotatable bonds is 8. The maximum atomic E-state index is 13.3. The van der Waals surface area contributed by atoms with Crippen LogP contribution in [0, 0.1) is 10.9 Å². The summed E-state index contributed by atoms with van der Waals surface area (Å²) in [6.45, 7) is 6.73. The lowest BCUT2D eigenvalue weighted by Gasteiger charge is -2.37. The van der Waals surface area contributed by atoms with Crippen LogP contribution >= 0.6 is 0 Å². The Balaban J connectivity index is 1.31. The molecule has 3 heterocycles. The molecule has 2 fully saturated rings. The SMILES string of the molecule is CCC(C=Nc1ccc(C(C)NC2CCC3(CC2)CCN(C2=C(C)C(=O)OC2)C3=O)cn1)N=N. The third-order valence-electron chi connectivity index (χ3n) is 7.58. The molecule has 2 unspecified atom stereocenters. The Morgan fingerprint density at radius 3 is 2.68 bits per heavy atom. The van der Waals surface area contributed by atoms with Gasteiger partial charge in [0, 0.05) is 31.0 Å². The molecular weight excluding hydrogens is 432 g/mol. The van der Waals surface area contributed by atoms with Gasteiger partial charge in [-0.1, -0.05) is 13.0 Å². The van der Waals surface area contributed by atoms with Gasteiger partial charge in [-0.05, 0) is 64.0 Å². The third-order valence-corrected chi connectivity index (χ3v) is 7.58. The summed E-state index contributed by atoms with van der Waals surface area (Å²) in [6.07, 6.45) is 8.70. The van der Waals surface area contributed by atoms with Gasteiger partial charge in [-0.2, -0.15) is 5.11 Å². The van der Waals surface area contributed by atoms with E-state index in [0.29, 0.717) is 24.0 Å². The molecule has 9 nitrogen and oxygen atoms in total. The number of esters is 1. The number of likely N-dealkylation sites (tertiary alicyclic amines) is 1. The van der Waals surface area contributed by atoms with Crippen molar-refractivity contribution in [3.05, 3.63) is 35.2 Å². The highest BCUT2D eigenvalue weighted by atomic mass is 16.5. The summed E-state index contributed by atoms with van der Waals surface area (Å²) in [5, 5.41) is 7.22. The molecule has 0 radical (unpaired) electrons. The van der Waals surface area contributed by atoms with Crippen LogP contribution in [-0.4, -0.2) is 53.2 Å². The Kier molecular flexibility index (Phi) is 7.21. The standard InChI is InChI=1S/C25H34N6O3/c1-4-19(30-26)14-28-22-6-5-18(13-27-22)17(3)29-20-7-9-25(10-8-20)11-12-31(24(25)33)21-15-34-23(32)16(21)2/h5-6,13-14,17,19-20,26,29H,4,7-12,15H2,1-3H3.